The molecule has 23 heavy (non-hydrogen) atoms. The molecular formula is C21H36O2. The summed E-state index contributed by atoms with van der Waals surface area (Å²) in [6.07, 6.45) is 2.09. The van der Waals surface area contributed by atoms with E-state index in [-0.39, 0.29) is 5.92 Å². The summed E-state index contributed by atoms with van der Waals surface area (Å²) < 4.78 is 42.0. The Hall–Kier alpha value is -0.0800. The summed E-state index contributed by atoms with van der Waals surface area (Å²) >= 11 is 0. The van der Waals surface area contributed by atoms with Crippen LogP contribution in [0.3, 0.4) is 0 Å². The largest absolute Gasteiger partial charge is 0.368 e. The lowest BCUT2D eigenvalue weighted by Crippen LogP contribution is -2.52. The predicted octanol–water partition coefficient (Wildman–Crippen LogP) is 4.74. The van der Waals surface area contributed by atoms with Crippen LogP contribution in [0.5, 0.6) is 0 Å². The van der Waals surface area contributed by atoms with Crippen molar-refractivity contribution in [3.8, 4) is 0 Å². The van der Waals surface area contributed by atoms with E-state index in [0.29, 0.717) is 30.1 Å². The highest BCUT2D eigenvalue weighted by Crippen LogP contribution is 2.67. The quantitative estimate of drug-likeness (QED) is 0.720. The lowest BCUT2D eigenvalue weighted by Gasteiger charge is -2.60. The van der Waals surface area contributed by atoms with Gasteiger partial charge in [0, 0.05) is 11.9 Å². The summed E-state index contributed by atoms with van der Waals surface area (Å²) in [6, 6.07) is 0. The van der Waals surface area contributed by atoms with Crippen LogP contribution >= 0.6 is 0 Å². The van der Waals surface area contributed by atoms with E-state index in [1.165, 1.54) is 32.1 Å². The Morgan fingerprint density at radius 1 is 1.09 bits per heavy atom. The van der Waals surface area contributed by atoms with Gasteiger partial charge in [-0.25, -0.2) is 0 Å². The van der Waals surface area contributed by atoms with Crippen molar-refractivity contribution in [3.63, 3.8) is 0 Å². The molecule has 0 aromatic carbocycles. The van der Waals surface area contributed by atoms with E-state index in [9.17, 15) is 10.2 Å². The van der Waals surface area contributed by atoms with E-state index in [4.69, 9.17) is 6.85 Å². The third-order valence-corrected chi connectivity index (χ3v) is 8.41. The van der Waals surface area contributed by atoms with Gasteiger partial charge in [-0.05, 0) is 91.7 Å². The Kier molecular flexibility index (Phi) is 2.87. The minimum Gasteiger partial charge on any atom is -0.368 e. The third-order valence-electron chi connectivity index (χ3n) is 8.41. The standard InChI is InChI=1S/C21H36O2/c1-20-11-4-3-5-14(20)6-8-16-17-9-7-15(13-19(22)23)21(17,2)12-10-18(16)20/h14-19,22-23H,3-13H2,1-2H3/t14?,15-,16+,17+,18+,20+,21-/m1/s1/i7D,13D2,15D,19D/t7?,14?,15-,16+,17+,18+,20+,21-. The predicted molar refractivity (Wildman–Crippen MR) is 92.7 cm³/mol. The van der Waals surface area contributed by atoms with Crippen LogP contribution in [0.4, 0.5) is 0 Å². The fourth-order valence-corrected chi connectivity index (χ4v) is 7.18. The highest BCUT2D eigenvalue weighted by molar-refractivity contribution is 5.08. The monoisotopic (exact) mass is 325 g/mol. The van der Waals surface area contributed by atoms with Gasteiger partial charge in [0.25, 0.3) is 0 Å². The second kappa shape index (κ2) is 5.73. The summed E-state index contributed by atoms with van der Waals surface area (Å²) in [7, 11) is 0. The maximum absolute atomic E-state index is 9.87. The van der Waals surface area contributed by atoms with Gasteiger partial charge in [-0.15, -0.1) is 0 Å². The van der Waals surface area contributed by atoms with Gasteiger partial charge in [-0.3, -0.25) is 0 Å². The fourth-order valence-electron chi connectivity index (χ4n) is 7.18. The fraction of sp³-hybridized carbons (Fsp3) is 1.00. The van der Waals surface area contributed by atoms with E-state index in [1.54, 1.807) is 0 Å². The van der Waals surface area contributed by atoms with Gasteiger partial charge in [0.1, 0.15) is 0 Å². The first kappa shape index (κ1) is 11.5. The first-order valence-electron chi connectivity index (χ1n) is 12.3. The van der Waals surface area contributed by atoms with Gasteiger partial charge >= 0.3 is 0 Å². The van der Waals surface area contributed by atoms with E-state index >= 15 is 0 Å². The molecule has 2 N–H and O–H groups in total. The van der Waals surface area contributed by atoms with Gasteiger partial charge in [0.05, 0.1) is 1.37 Å². The average Bonchev–Trinajstić information content (AvgIpc) is 2.82. The minimum atomic E-state index is -3.38. The van der Waals surface area contributed by atoms with Crippen molar-refractivity contribution in [3.05, 3.63) is 0 Å². The van der Waals surface area contributed by atoms with Crippen LogP contribution in [0, 0.1) is 40.4 Å². The zero-order chi connectivity index (χ0) is 20.8. The van der Waals surface area contributed by atoms with Crippen LogP contribution in [-0.2, 0) is 0 Å². The third kappa shape index (κ3) is 2.42. The van der Waals surface area contributed by atoms with E-state index < -0.39 is 30.3 Å². The van der Waals surface area contributed by atoms with Gasteiger partial charge in [-0.1, -0.05) is 26.7 Å². The highest BCUT2D eigenvalue weighted by atomic mass is 16.5. The Balaban J connectivity index is 1.72. The van der Waals surface area contributed by atoms with Crippen LogP contribution in [0.15, 0.2) is 0 Å². The molecular weight excluding hydrogens is 284 g/mol. The summed E-state index contributed by atoms with van der Waals surface area (Å²) in [5, 5.41) is 19.7. The molecule has 0 aliphatic heterocycles. The van der Waals surface area contributed by atoms with Crippen molar-refractivity contribution >= 4 is 0 Å². The molecule has 4 rings (SSSR count). The number of hydrogen-bond donors (Lipinski definition) is 2. The van der Waals surface area contributed by atoms with E-state index in [1.807, 2.05) is 6.92 Å². The molecule has 4 saturated carbocycles. The lowest BCUT2D eigenvalue weighted by atomic mass is 9.45. The average molecular weight is 326 g/mol. The first-order chi connectivity index (χ1) is 12.8. The summed E-state index contributed by atoms with van der Waals surface area (Å²) in [4.78, 5) is 0. The van der Waals surface area contributed by atoms with Gasteiger partial charge < -0.3 is 10.2 Å². The number of hydrogen-bond acceptors (Lipinski definition) is 2. The molecule has 0 saturated heterocycles. The van der Waals surface area contributed by atoms with Crippen LogP contribution in [0.25, 0.3) is 0 Å². The molecule has 0 amide bonds. The van der Waals surface area contributed by atoms with Crippen molar-refractivity contribution in [2.45, 2.75) is 90.7 Å². The topological polar surface area (TPSA) is 40.5 Å². The first-order valence-corrected chi connectivity index (χ1v) is 9.68. The second-order valence-corrected chi connectivity index (χ2v) is 9.16. The molecule has 2 nitrogen and oxygen atoms in total. The van der Waals surface area contributed by atoms with Crippen molar-refractivity contribution in [2.75, 3.05) is 0 Å². The molecule has 8 atom stereocenters. The van der Waals surface area contributed by atoms with Gasteiger partial charge in [0.2, 0.25) is 0 Å². The number of rotatable bonds is 2. The second-order valence-electron chi connectivity index (χ2n) is 9.16. The van der Waals surface area contributed by atoms with Crippen LogP contribution in [0.2, 0.25) is 0 Å². The smallest absolute Gasteiger partial charge is 0.151 e. The number of aliphatic hydroxyl groups is 2. The van der Waals surface area contributed by atoms with Gasteiger partial charge in [-0.2, -0.15) is 0 Å². The molecule has 4 aliphatic carbocycles. The normalized spacial score (nSPS) is 63.5. The lowest BCUT2D eigenvalue weighted by molar-refractivity contribution is -0.121. The molecule has 132 valence electrons. The molecule has 0 heterocycles. The zero-order valence-electron chi connectivity index (χ0n) is 19.6. The van der Waals surface area contributed by atoms with Crippen molar-refractivity contribution in [2.24, 2.45) is 40.4 Å². The Morgan fingerprint density at radius 2 is 1.87 bits per heavy atom. The Bertz CT molecular complexity index is 637. The summed E-state index contributed by atoms with van der Waals surface area (Å²) in [5.41, 5.74) is -0.501. The highest BCUT2D eigenvalue weighted by Gasteiger charge is 2.59. The molecule has 4 aliphatic rings. The van der Waals surface area contributed by atoms with Crippen LogP contribution in [-0.4, -0.2) is 16.5 Å². The van der Waals surface area contributed by atoms with Gasteiger partial charge in [0.15, 0.2) is 6.27 Å². The molecule has 2 heteroatoms. The minimum absolute atomic E-state index is 0.0448. The summed E-state index contributed by atoms with van der Waals surface area (Å²) in [5.74, 6) is -0.252. The van der Waals surface area contributed by atoms with Crippen molar-refractivity contribution in [1.29, 1.82) is 0 Å². The van der Waals surface area contributed by atoms with E-state index in [2.05, 4.69) is 6.92 Å². The maximum atomic E-state index is 9.87. The molecule has 0 spiro atoms. The Labute approximate surface area is 149 Å². The molecule has 4 fully saturated rings. The SMILES string of the molecule is [2H]C1C[C@H]2[C@@H]3CCC4CCCC[C@]4(C)[C@H]3CC[C@]2(C)[C@@]1([2H])C([2H])([2H])C([2H])(O)O. The Morgan fingerprint density at radius 3 is 2.65 bits per heavy atom. The summed E-state index contributed by atoms with van der Waals surface area (Å²) in [6.45, 7) is 4.35. The van der Waals surface area contributed by atoms with Crippen LogP contribution in [0.1, 0.15) is 91.3 Å². The van der Waals surface area contributed by atoms with Crippen molar-refractivity contribution in [1.82, 2.24) is 0 Å². The molecule has 2 unspecified atom stereocenters. The molecule has 0 radical (unpaired) electrons. The van der Waals surface area contributed by atoms with Crippen LogP contribution < -0.4 is 0 Å². The van der Waals surface area contributed by atoms with Crippen molar-refractivity contribution < 1.29 is 17.1 Å². The maximum Gasteiger partial charge on any atom is 0.151 e. The number of fused-ring (bicyclic) bond motifs is 5. The molecule has 0 bridgehead atoms. The molecule has 0 aromatic rings. The van der Waals surface area contributed by atoms with E-state index in [0.717, 1.165) is 18.8 Å². The zero-order valence-corrected chi connectivity index (χ0v) is 14.6. The molecule has 0 aromatic heterocycles.